The Kier molecular flexibility index (Phi) is 4.85. The third-order valence-electron chi connectivity index (χ3n) is 3.09. The lowest BCUT2D eigenvalue weighted by Crippen LogP contribution is -1.98. The summed E-state index contributed by atoms with van der Waals surface area (Å²) in [6.07, 6.45) is 0. The molecule has 0 fully saturated rings. The van der Waals surface area contributed by atoms with Gasteiger partial charge in [0.05, 0.1) is 13.2 Å². The van der Waals surface area contributed by atoms with Crippen LogP contribution in [0.15, 0.2) is 61.2 Å². The van der Waals surface area contributed by atoms with Gasteiger partial charge in [-0.25, -0.2) is 0 Å². The molecule has 0 spiro atoms. The third-order valence-corrected chi connectivity index (χ3v) is 3.09. The molecule has 0 N–H and O–H groups in total. The van der Waals surface area contributed by atoms with Gasteiger partial charge in [0.15, 0.2) is 5.78 Å². The Bertz CT molecular complexity index is 583. The summed E-state index contributed by atoms with van der Waals surface area (Å²) in [5.41, 5.74) is 3.78. The molecule has 102 valence electrons. The van der Waals surface area contributed by atoms with Crippen LogP contribution in [0.3, 0.4) is 0 Å². The molecule has 0 aliphatic heterocycles. The first kappa shape index (κ1) is 14.2. The number of carbonyl (C=O) groups excluding carboxylic acids is 1. The highest BCUT2D eigenvalue weighted by atomic mass is 16.5. The van der Waals surface area contributed by atoms with Gasteiger partial charge >= 0.3 is 0 Å². The Morgan fingerprint density at radius 1 is 1.00 bits per heavy atom. The molecule has 2 heteroatoms. The average molecular weight is 266 g/mol. The van der Waals surface area contributed by atoms with Crippen molar-refractivity contribution in [2.75, 3.05) is 6.61 Å². The van der Waals surface area contributed by atoms with Crippen molar-refractivity contribution < 1.29 is 9.53 Å². The maximum Gasteiger partial charge on any atom is 0.159 e. The SMILES string of the molecule is C=C(COCc1ccccc1)c1ccc(C(C)=O)cc1. The van der Waals surface area contributed by atoms with Crippen molar-refractivity contribution in [2.45, 2.75) is 13.5 Å². The van der Waals surface area contributed by atoms with Gasteiger partial charge in [-0.05, 0) is 23.6 Å². The molecule has 0 aromatic heterocycles. The van der Waals surface area contributed by atoms with Crippen LogP contribution in [-0.4, -0.2) is 12.4 Å². The standard InChI is InChI=1S/C18H18O2/c1-14(12-20-13-16-6-4-3-5-7-16)17-8-10-18(11-9-17)15(2)19/h3-11H,1,12-13H2,2H3. The van der Waals surface area contributed by atoms with E-state index < -0.39 is 0 Å². The Morgan fingerprint density at radius 3 is 2.20 bits per heavy atom. The van der Waals surface area contributed by atoms with Crippen LogP contribution in [0, 0.1) is 0 Å². The van der Waals surface area contributed by atoms with Gasteiger partial charge < -0.3 is 4.74 Å². The van der Waals surface area contributed by atoms with E-state index in [2.05, 4.69) is 6.58 Å². The molecule has 0 saturated heterocycles. The summed E-state index contributed by atoms with van der Waals surface area (Å²) < 4.78 is 5.65. The highest BCUT2D eigenvalue weighted by Crippen LogP contribution is 2.15. The molecule has 2 rings (SSSR count). The monoisotopic (exact) mass is 266 g/mol. The quantitative estimate of drug-likeness (QED) is 0.735. The van der Waals surface area contributed by atoms with Crippen molar-refractivity contribution in [2.24, 2.45) is 0 Å². The van der Waals surface area contributed by atoms with Crippen LogP contribution in [0.25, 0.3) is 5.57 Å². The van der Waals surface area contributed by atoms with Gasteiger partial charge in [0.1, 0.15) is 0 Å². The van der Waals surface area contributed by atoms with Crippen LogP contribution in [0.1, 0.15) is 28.4 Å². The summed E-state index contributed by atoms with van der Waals surface area (Å²) in [6.45, 7) is 6.64. The maximum atomic E-state index is 11.2. The van der Waals surface area contributed by atoms with E-state index in [-0.39, 0.29) is 5.78 Å². The second kappa shape index (κ2) is 6.83. The van der Waals surface area contributed by atoms with Crippen LogP contribution >= 0.6 is 0 Å². The van der Waals surface area contributed by atoms with Gasteiger partial charge in [-0.3, -0.25) is 4.79 Å². The average Bonchev–Trinajstić information content (AvgIpc) is 2.48. The van der Waals surface area contributed by atoms with E-state index in [0.717, 1.165) is 16.7 Å². The van der Waals surface area contributed by atoms with Gasteiger partial charge in [-0.15, -0.1) is 0 Å². The highest BCUT2D eigenvalue weighted by molar-refractivity contribution is 5.94. The Morgan fingerprint density at radius 2 is 1.60 bits per heavy atom. The zero-order chi connectivity index (χ0) is 14.4. The number of ether oxygens (including phenoxy) is 1. The topological polar surface area (TPSA) is 26.3 Å². The van der Waals surface area contributed by atoms with Crippen LogP contribution in [-0.2, 0) is 11.3 Å². The van der Waals surface area contributed by atoms with Crippen LogP contribution in [0.4, 0.5) is 0 Å². The van der Waals surface area contributed by atoms with Crippen molar-refractivity contribution in [3.63, 3.8) is 0 Å². The van der Waals surface area contributed by atoms with Crippen molar-refractivity contribution in [3.05, 3.63) is 77.9 Å². The molecule has 0 aliphatic carbocycles. The van der Waals surface area contributed by atoms with E-state index >= 15 is 0 Å². The highest BCUT2D eigenvalue weighted by Gasteiger charge is 2.02. The molecule has 0 radical (unpaired) electrons. The molecule has 2 aromatic carbocycles. The smallest absolute Gasteiger partial charge is 0.159 e. The summed E-state index contributed by atoms with van der Waals surface area (Å²) in [7, 11) is 0. The summed E-state index contributed by atoms with van der Waals surface area (Å²) >= 11 is 0. The molecule has 0 amide bonds. The number of rotatable bonds is 6. The summed E-state index contributed by atoms with van der Waals surface area (Å²) in [4.78, 5) is 11.2. The van der Waals surface area contributed by atoms with Crippen LogP contribution < -0.4 is 0 Å². The predicted octanol–water partition coefficient (Wildman–Crippen LogP) is 4.12. The molecule has 20 heavy (non-hydrogen) atoms. The molecular weight excluding hydrogens is 248 g/mol. The zero-order valence-corrected chi connectivity index (χ0v) is 11.6. The predicted molar refractivity (Wildman–Crippen MR) is 81.6 cm³/mol. The molecule has 2 nitrogen and oxygen atoms in total. The lowest BCUT2D eigenvalue weighted by molar-refractivity contribution is 0.101. The number of hydrogen-bond acceptors (Lipinski definition) is 2. The van der Waals surface area contributed by atoms with Crippen LogP contribution in [0.2, 0.25) is 0 Å². The van der Waals surface area contributed by atoms with E-state index in [1.165, 1.54) is 0 Å². The second-order valence-electron chi connectivity index (χ2n) is 4.72. The first-order valence-corrected chi connectivity index (χ1v) is 6.57. The minimum absolute atomic E-state index is 0.0717. The summed E-state index contributed by atoms with van der Waals surface area (Å²) in [5.74, 6) is 0.0717. The van der Waals surface area contributed by atoms with Gasteiger partial charge in [-0.1, -0.05) is 61.2 Å². The number of carbonyl (C=O) groups is 1. The minimum Gasteiger partial charge on any atom is -0.372 e. The first-order valence-electron chi connectivity index (χ1n) is 6.57. The molecule has 0 saturated carbocycles. The summed E-state index contributed by atoms with van der Waals surface area (Å²) in [6, 6.07) is 17.5. The largest absolute Gasteiger partial charge is 0.372 e. The number of benzene rings is 2. The first-order chi connectivity index (χ1) is 9.66. The molecule has 0 unspecified atom stereocenters. The van der Waals surface area contributed by atoms with Gasteiger partial charge in [-0.2, -0.15) is 0 Å². The summed E-state index contributed by atoms with van der Waals surface area (Å²) in [5, 5.41) is 0. The fraction of sp³-hybridized carbons (Fsp3) is 0.167. The van der Waals surface area contributed by atoms with E-state index in [4.69, 9.17) is 4.74 Å². The molecule has 0 heterocycles. The van der Waals surface area contributed by atoms with Gasteiger partial charge in [0, 0.05) is 5.56 Å². The number of ketones is 1. The number of hydrogen-bond donors (Lipinski definition) is 0. The van der Waals surface area contributed by atoms with E-state index in [9.17, 15) is 4.79 Å². The van der Waals surface area contributed by atoms with E-state index in [1.807, 2.05) is 54.6 Å². The third kappa shape index (κ3) is 3.90. The van der Waals surface area contributed by atoms with Gasteiger partial charge in [0.2, 0.25) is 0 Å². The lowest BCUT2D eigenvalue weighted by Gasteiger charge is -2.08. The molecule has 0 atom stereocenters. The Balaban J connectivity index is 1.87. The molecule has 0 bridgehead atoms. The van der Waals surface area contributed by atoms with Crippen LogP contribution in [0.5, 0.6) is 0 Å². The van der Waals surface area contributed by atoms with Crippen molar-refractivity contribution in [3.8, 4) is 0 Å². The fourth-order valence-corrected chi connectivity index (χ4v) is 1.89. The Hall–Kier alpha value is -2.19. The minimum atomic E-state index is 0.0717. The molecule has 0 aliphatic rings. The van der Waals surface area contributed by atoms with E-state index in [0.29, 0.717) is 18.8 Å². The maximum absolute atomic E-state index is 11.2. The number of Topliss-reactive ketones (excluding diaryl/α,β-unsaturated/α-hetero) is 1. The van der Waals surface area contributed by atoms with Crippen molar-refractivity contribution >= 4 is 11.4 Å². The second-order valence-corrected chi connectivity index (χ2v) is 4.72. The lowest BCUT2D eigenvalue weighted by atomic mass is 10.0. The van der Waals surface area contributed by atoms with Crippen molar-refractivity contribution in [1.29, 1.82) is 0 Å². The van der Waals surface area contributed by atoms with E-state index in [1.54, 1.807) is 6.92 Å². The van der Waals surface area contributed by atoms with Gasteiger partial charge in [0.25, 0.3) is 0 Å². The zero-order valence-electron chi connectivity index (χ0n) is 11.6. The Labute approximate surface area is 119 Å². The molecule has 2 aromatic rings. The normalized spacial score (nSPS) is 10.2. The molecular formula is C18H18O2. The fourth-order valence-electron chi connectivity index (χ4n) is 1.89. The van der Waals surface area contributed by atoms with Crippen molar-refractivity contribution in [1.82, 2.24) is 0 Å².